The molecule has 8 heteroatoms. The molecule has 2 saturated heterocycles. The molecule has 0 aromatic carbocycles. The van der Waals surface area contributed by atoms with Gasteiger partial charge in [-0.2, -0.15) is 5.10 Å². The second kappa shape index (κ2) is 8.45. The minimum absolute atomic E-state index is 0.0829. The Labute approximate surface area is 169 Å². The SMILES string of the molecule is Cn1cc(C2CCN(CC(=O)N3CCN(C(=O)c4cccs4)CC3)CC2)cn1. The Morgan fingerprint density at radius 2 is 1.82 bits per heavy atom. The summed E-state index contributed by atoms with van der Waals surface area (Å²) in [6.45, 7) is 4.87. The second-order valence-corrected chi connectivity index (χ2v) is 8.60. The first-order valence-electron chi connectivity index (χ1n) is 9.91. The molecule has 0 spiro atoms. The number of rotatable bonds is 4. The summed E-state index contributed by atoms with van der Waals surface area (Å²) in [6, 6.07) is 3.76. The summed E-state index contributed by atoms with van der Waals surface area (Å²) in [4.78, 5) is 31.9. The van der Waals surface area contributed by atoms with E-state index in [1.807, 2.05) is 45.2 Å². The standard InChI is InChI=1S/C20H27N5O2S/c1-22-14-17(13-21-22)16-4-6-23(7-5-16)15-19(26)24-8-10-25(11-9-24)20(27)18-3-2-12-28-18/h2-3,12-14,16H,4-11,15H2,1H3. The molecule has 0 unspecified atom stereocenters. The van der Waals surface area contributed by atoms with Gasteiger partial charge in [-0.1, -0.05) is 6.07 Å². The highest BCUT2D eigenvalue weighted by atomic mass is 32.1. The van der Waals surface area contributed by atoms with Crippen LogP contribution < -0.4 is 0 Å². The number of aryl methyl sites for hydroxylation is 1. The molecule has 28 heavy (non-hydrogen) atoms. The number of hydrogen-bond acceptors (Lipinski definition) is 5. The van der Waals surface area contributed by atoms with E-state index in [4.69, 9.17) is 0 Å². The van der Waals surface area contributed by atoms with Crippen molar-refractivity contribution in [1.29, 1.82) is 0 Å². The number of thiophene rings is 1. The maximum absolute atomic E-state index is 12.7. The van der Waals surface area contributed by atoms with E-state index < -0.39 is 0 Å². The van der Waals surface area contributed by atoms with Gasteiger partial charge in [-0.3, -0.25) is 19.2 Å². The van der Waals surface area contributed by atoms with E-state index in [-0.39, 0.29) is 11.8 Å². The van der Waals surface area contributed by atoms with Gasteiger partial charge < -0.3 is 9.80 Å². The fourth-order valence-electron chi connectivity index (χ4n) is 4.08. The Kier molecular flexibility index (Phi) is 5.77. The first-order chi connectivity index (χ1) is 13.6. The van der Waals surface area contributed by atoms with Gasteiger partial charge in [0.05, 0.1) is 17.6 Å². The molecule has 0 N–H and O–H groups in total. The largest absolute Gasteiger partial charge is 0.338 e. The van der Waals surface area contributed by atoms with Gasteiger partial charge in [0.25, 0.3) is 5.91 Å². The van der Waals surface area contributed by atoms with Gasteiger partial charge >= 0.3 is 0 Å². The number of aromatic nitrogens is 2. The van der Waals surface area contributed by atoms with E-state index in [2.05, 4.69) is 16.2 Å². The zero-order chi connectivity index (χ0) is 19.5. The zero-order valence-corrected chi connectivity index (χ0v) is 17.1. The fraction of sp³-hybridized carbons (Fsp3) is 0.550. The molecule has 7 nitrogen and oxygen atoms in total. The number of amides is 2. The lowest BCUT2D eigenvalue weighted by atomic mass is 9.91. The lowest BCUT2D eigenvalue weighted by Gasteiger charge is -2.37. The highest BCUT2D eigenvalue weighted by Crippen LogP contribution is 2.27. The molecule has 4 heterocycles. The van der Waals surface area contributed by atoms with Crippen LogP contribution in [0.2, 0.25) is 0 Å². The van der Waals surface area contributed by atoms with Gasteiger partial charge in [0, 0.05) is 39.4 Å². The molecule has 150 valence electrons. The number of piperidine rings is 1. The summed E-state index contributed by atoms with van der Waals surface area (Å²) in [5.74, 6) is 0.814. The molecule has 0 atom stereocenters. The lowest BCUT2D eigenvalue weighted by molar-refractivity contribution is -0.134. The Hall–Kier alpha value is -2.19. The van der Waals surface area contributed by atoms with Crippen LogP contribution in [-0.4, -0.2) is 82.1 Å². The summed E-state index contributed by atoms with van der Waals surface area (Å²) < 4.78 is 1.86. The van der Waals surface area contributed by atoms with Crippen molar-refractivity contribution in [3.05, 3.63) is 40.3 Å². The summed E-state index contributed by atoms with van der Waals surface area (Å²) in [5, 5.41) is 6.19. The van der Waals surface area contributed by atoms with Crippen molar-refractivity contribution < 1.29 is 9.59 Å². The predicted octanol–water partition coefficient (Wildman–Crippen LogP) is 1.65. The summed E-state index contributed by atoms with van der Waals surface area (Å²) in [6.07, 6.45) is 6.20. The van der Waals surface area contributed by atoms with Crippen molar-refractivity contribution in [3.8, 4) is 0 Å². The van der Waals surface area contributed by atoms with Crippen molar-refractivity contribution in [1.82, 2.24) is 24.5 Å². The van der Waals surface area contributed by atoms with E-state index in [0.717, 1.165) is 30.8 Å². The van der Waals surface area contributed by atoms with Gasteiger partial charge in [0.2, 0.25) is 5.91 Å². The van der Waals surface area contributed by atoms with Crippen LogP contribution in [0.25, 0.3) is 0 Å². The second-order valence-electron chi connectivity index (χ2n) is 7.65. The van der Waals surface area contributed by atoms with Crippen LogP contribution in [0.3, 0.4) is 0 Å². The van der Waals surface area contributed by atoms with Gasteiger partial charge in [-0.05, 0) is 48.9 Å². The van der Waals surface area contributed by atoms with Crippen molar-refractivity contribution in [2.24, 2.45) is 7.05 Å². The number of nitrogens with zero attached hydrogens (tertiary/aromatic N) is 5. The smallest absolute Gasteiger partial charge is 0.264 e. The average Bonchev–Trinajstić information content (AvgIpc) is 3.40. The molecule has 2 aromatic rings. The van der Waals surface area contributed by atoms with Crippen LogP contribution in [0.5, 0.6) is 0 Å². The molecule has 0 saturated carbocycles. The lowest BCUT2D eigenvalue weighted by Crippen LogP contribution is -2.53. The highest BCUT2D eigenvalue weighted by molar-refractivity contribution is 7.12. The molecular formula is C20H27N5O2S. The van der Waals surface area contributed by atoms with Crippen LogP contribution in [0, 0.1) is 0 Å². The number of hydrogen-bond donors (Lipinski definition) is 0. The van der Waals surface area contributed by atoms with Crippen molar-refractivity contribution in [2.45, 2.75) is 18.8 Å². The normalized spacial score (nSPS) is 19.2. The van der Waals surface area contributed by atoms with E-state index in [1.54, 1.807) is 0 Å². The molecule has 0 aliphatic carbocycles. The van der Waals surface area contributed by atoms with Gasteiger partial charge in [0.15, 0.2) is 0 Å². The minimum Gasteiger partial charge on any atom is -0.338 e. The van der Waals surface area contributed by atoms with Crippen LogP contribution >= 0.6 is 11.3 Å². The first-order valence-corrected chi connectivity index (χ1v) is 10.8. The molecule has 2 amide bonds. The minimum atomic E-state index is 0.0829. The third kappa shape index (κ3) is 4.28. The van der Waals surface area contributed by atoms with E-state index >= 15 is 0 Å². The summed E-state index contributed by atoms with van der Waals surface area (Å²) in [5.41, 5.74) is 1.31. The summed E-state index contributed by atoms with van der Waals surface area (Å²) >= 11 is 1.47. The predicted molar refractivity (Wildman–Crippen MR) is 108 cm³/mol. The monoisotopic (exact) mass is 401 g/mol. The molecule has 2 fully saturated rings. The van der Waals surface area contributed by atoms with Crippen LogP contribution in [0.4, 0.5) is 0 Å². The number of likely N-dealkylation sites (tertiary alicyclic amines) is 1. The molecule has 0 bridgehead atoms. The van der Waals surface area contributed by atoms with Crippen molar-refractivity contribution in [3.63, 3.8) is 0 Å². The van der Waals surface area contributed by atoms with E-state index in [1.165, 1.54) is 16.9 Å². The van der Waals surface area contributed by atoms with Crippen LogP contribution in [0.15, 0.2) is 29.9 Å². The van der Waals surface area contributed by atoms with Crippen molar-refractivity contribution in [2.75, 3.05) is 45.8 Å². The molecular weight excluding hydrogens is 374 g/mol. The maximum atomic E-state index is 12.7. The highest BCUT2D eigenvalue weighted by Gasteiger charge is 2.28. The number of piperazine rings is 1. The quantitative estimate of drug-likeness (QED) is 0.782. The Bertz CT molecular complexity index is 802. The fourth-order valence-corrected chi connectivity index (χ4v) is 4.77. The molecule has 2 aliphatic heterocycles. The Balaban J connectivity index is 1.21. The number of carbonyl (C=O) groups excluding carboxylic acids is 2. The topological polar surface area (TPSA) is 61.7 Å². The molecule has 0 radical (unpaired) electrons. The van der Waals surface area contributed by atoms with Crippen molar-refractivity contribution >= 4 is 23.2 Å². The molecule has 2 aliphatic rings. The zero-order valence-electron chi connectivity index (χ0n) is 16.3. The average molecular weight is 402 g/mol. The molecule has 4 rings (SSSR count). The first kappa shape index (κ1) is 19.1. The summed E-state index contributed by atoms with van der Waals surface area (Å²) in [7, 11) is 1.95. The van der Waals surface area contributed by atoms with Gasteiger partial charge in [0.1, 0.15) is 0 Å². The van der Waals surface area contributed by atoms with E-state index in [0.29, 0.717) is 38.6 Å². The molecule has 2 aromatic heterocycles. The van der Waals surface area contributed by atoms with E-state index in [9.17, 15) is 9.59 Å². The Morgan fingerprint density at radius 3 is 2.43 bits per heavy atom. The maximum Gasteiger partial charge on any atom is 0.264 e. The Morgan fingerprint density at radius 1 is 1.11 bits per heavy atom. The van der Waals surface area contributed by atoms with Crippen LogP contribution in [-0.2, 0) is 11.8 Å². The van der Waals surface area contributed by atoms with Crippen LogP contribution in [0.1, 0.15) is 34.0 Å². The van der Waals surface area contributed by atoms with Gasteiger partial charge in [-0.15, -0.1) is 11.3 Å². The number of carbonyl (C=O) groups is 2. The third-order valence-corrected chi connectivity index (χ3v) is 6.65. The van der Waals surface area contributed by atoms with Gasteiger partial charge in [-0.25, -0.2) is 0 Å². The third-order valence-electron chi connectivity index (χ3n) is 5.79.